The molecule has 0 aliphatic carbocycles. The highest BCUT2D eigenvalue weighted by Crippen LogP contribution is 2.08. The Morgan fingerprint density at radius 2 is 2.44 bits per heavy atom. The van der Waals surface area contributed by atoms with Crippen LogP contribution in [0.1, 0.15) is 12.5 Å². The Balaban J connectivity index is 2.23. The first-order valence-corrected chi connectivity index (χ1v) is 4.77. The van der Waals surface area contributed by atoms with Crippen LogP contribution < -0.4 is 0 Å². The van der Waals surface area contributed by atoms with Gasteiger partial charge >= 0.3 is 5.97 Å². The molecule has 0 amide bonds. The second-order valence-corrected chi connectivity index (χ2v) is 3.00. The first-order chi connectivity index (χ1) is 7.79. The summed E-state index contributed by atoms with van der Waals surface area (Å²) in [6, 6.07) is 1.80. The fourth-order valence-electron chi connectivity index (χ4n) is 1.20. The maximum absolute atomic E-state index is 11.0. The summed E-state index contributed by atoms with van der Waals surface area (Å²) in [5, 5.41) is 7.43. The average molecular weight is 215 g/mol. The highest BCUT2D eigenvalue weighted by atomic mass is 16.5. The minimum Gasteiger partial charge on any atom is -0.456 e. The van der Waals surface area contributed by atoms with Crippen LogP contribution >= 0.6 is 0 Å². The Morgan fingerprint density at radius 3 is 3.25 bits per heavy atom. The van der Waals surface area contributed by atoms with E-state index < -0.39 is 5.97 Å². The van der Waals surface area contributed by atoms with Crippen molar-refractivity contribution in [1.82, 2.24) is 15.2 Å². The summed E-state index contributed by atoms with van der Waals surface area (Å²) in [4.78, 5) is 15.1. The summed E-state index contributed by atoms with van der Waals surface area (Å²) in [5.74, 6) is 4.52. The zero-order chi connectivity index (χ0) is 11.4. The number of hydrogen-bond acceptors (Lipinski definition) is 4. The van der Waals surface area contributed by atoms with Crippen LogP contribution in [0.25, 0.3) is 11.0 Å². The number of pyridine rings is 1. The molecule has 0 bridgehead atoms. The van der Waals surface area contributed by atoms with E-state index in [1.165, 1.54) is 0 Å². The minimum absolute atomic E-state index is 0.326. The summed E-state index contributed by atoms with van der Waals surface area (Å²) < 4.78 is 4.68. The number of carbonyl (C=O) groups is 1. The lowest BCUT2D eigenvalue weighted by atomic mass is 10.2. The van der Waals surface area contributed by atoms with Gasteiger partial charge in [-0.15, -0.1) is 0 Å². The van der Waals surface area contributed by atoms with Crippen molar-refractivity contribution >= 4 is 17.0 Å². The van der Waals surface area contributed by atoms with Crippen LogP contribution in [-0.2, 0) is 9.53 Å². The third-order valence-electron chi connectivity index (χ3n) is 1.88. The van der Waals surface area contributed by atoms with Gasteiger partial charge in [0.1, 0.15) is 0 Å². The molecule has 0 unspecified atom stereocenters. The maximum atomic E-state index is 11.0. The van der Waals surface area contributed by atoms with Crippen LogP contribution in [0.4, 0.5) is 0 Å². The number of nitrogens with one attached hydrogen (secondary N) is 1. The number of hydrogen-bond donors (Lipinski definition) is 1. The Bertz CT molecular complexity index is 577. The molecular weight excluding hydrogens is 206 g/mol. The number of aromatic amines is 1. The van der Waals surface area contributed by atoms with Crippen molar-refractivity contribution in [3.8, 4) is 11.8 Å². The summed E-state index contributed by atoms with van der Waals surface area (Å²) in [6.45, 7) is 2.06. The first-order valence-electron chi connectivity index (χ1n) is 4.77. The molecule has 0 saturated heterocycles. The quantitative estimate of drug-likeness (QED) is 0.566. The largest absolute Gasteiger partial charge is 0.456 e. The van der Waals surface area contributed by atoms with Gasteiger partial charge in [0.15, 0.2) is 5.65 Å². The molecule has 2 heterocycles. The highest BCUT2D eigenvalue weighted by Gasteiger charge is 1.97. The fraction of sp³-hybridized carbons (Fsp3) is 0.182. The van der Waals surface area contributed by atoms with E-state index in [0.29, 0.717) is 17.8 Å². The third-order valence-corrected chi connectivity index (χ3v) is 1.88. The number of nitrogens with zero attached hydrogens (tertiary/aromatic N) is 2. The van der Waals surface area contributed by atoms with Crippen LogP contribution in [0.3, 0.4) is 0 Å². The maximum Gasteiger partial charge on any atom is 0.384 e. The standard InChI is InChI=1S/C11H9N3O2/c1-2-16-10(15)4-3-8-5-9-7-13-14-11(9)12-6-8/h5-7H,2H2,1H3,(H,12,13,14). The van der Waals surface area contributed by atoms with E-state index in [0.717, 1.165) is 5.39 Å². The summed E-state index contributed by atoms with van der Waals surface area (Å²) in [7, 11) is 0. The molecule has 2 aromatic rings. The molecule has 2 rings (SSSR count). The van der Waals surface area contributed by atoms with Crippen molar-refractivity contribution < 1.29 is 9.53 Å². The number of fused-ring (bicyclic) bond motifs is 1. The predicted molar refractivity (Wildman–Crippen MR) is 57.4 cm³/mol. The Kier molecular flexibility index (Phi) is 2.83. The SMILES string of the molecule is CCOC(=O)C#Cc1cnc2[nH]ncc2c1. The number of rotatable bonds is 1. The van der Waals surface area contributed by atoms with Crippen LogP contribution in [0.5, 0.6) is 0 Å². The van der Waals surface area contributed by atoms with E-state index in [1.54, 1.807) is 25.4 Å². The van der Waals surface area contributed by atoms with Gasteiger partial charge in [0.25, 0.3) is 0 Å². The van der Waals surface area contributed by atoms with Crippen LogP contribution in [0, 0.1) is 11.8 Å². The van der Waals surface area contributed by atoms with E-state index in [9.17, 15) is 4.79 Å². The Morgan fingerprint density at radius 1 is 1.56 bits per heavy atom. The molecule has 0 fully saturated rings. The summed E-state index contributed by atoms with van der Waals surface area (Å²) in [5.41, 5.74) is 1.35. The molecule has 2 aromatic heterocycles. The van der Waals surface area contributed by atoms with Crippen molar-refractivity contribution in [3.05, 3.63) is 24.0 Å². The van der Waals surface area contributed by atoms with E-state index in [4.69, 9.17) is 0 Å². The molecule has 0 saturated carbocycles. The van der Waals surface area contributed by atoms with Gasteiger partial charge in [0.2, 0.25) is 0 Å². The molecule has 0 aliphatic heterocycles. The Labute approximate surface area is 91.8 Å². The van der Waals surface area contributed by atoms with Gasteiger partial charge in [-0.1, -0.05) is 5.92 Å². The first kappa shape index (κ1) is 10.2. The van der Waals surface area contributed by atoms with Gasteiger partial charge in [-0.3, -0.25) is 5.10 Å². The van der Waals surface area contributed by atoms with Gasteiger partial charge < -0.3 is 4.74 Å². The number of aromatic nitrogens is 3. The second kappa shape index (κ2) is 4.45. The zero-order valence-corrected chi connectivity index (χ0v) is 8.65. The molecular formula is C11H9N3O2. The molecule has 1 N–H and O–H groups in total. The third kappa shape index (κ3) is 2.17. The number of H-pyrrole nitrogens is 1. The lowest BCUT2D eigenvalue weighted by Crippen LogP contribution is -1.99. The lowest BCUT2D eigenvalue weighted by molar-refractivity contribution is -0.136. The minimum atomic E-state index is -0.533. The van der Waals surface area contributed by atoms with Gasteiger partial charge in [0, 0.05) is 23.1 Å². The molecule has 5 heteroatoms. The van der Waals surface area contributed by atoms with Gasteiger partial charge in [-0.25, -0.2) is 9.78 Å². The molecule has 0 spiro atoms. The van der Waals surface area contributed by atoms with Crippen molar-refractivity contribution in [2.24, 2.45) is 0 Å². The van der Waals surface area contributed by atoms with Gasteiger partial charge in [0.05, 0.1) is 12.8 Å². The molecule has 0 aliphatic rings. The fourth-order valence-corrected chi connectivity index (χ4v) is 1.20. The van der Waals surface area contributed by atoms with Crippen molar-refractivity contribution in [2.75, 3.05) is 6.61 Å². The van der Waals surface area contributed by atoms with Crippen molar-refractivity contribution in [1.29, 1.82) is 0 Å². The number of esters is 1. The molecule has 0 aromatic carbocycles. The smallest absolute Gasteiger partial charge is 0.384 e. The second-order valence-electron chi connectivity index (χ2n) is 3.00. The normalized spacial score (nSPS) is 9.56. The molecule has 16 heavy (non-hydrogen) atoms. The van der Waals surface area contributed by atoms with E-state index in [1.807, 2.05) is 0 Å². The molecule has 0 radical (unpaired) electrons. The molecule has 80 valence electrons. The van der Waals surface area contributed by atoms with Crippen molar-refractivity contribution in [2.45, 2.75) is 6.92 Å². The van der Waals surface area contributed by atoms with Crippen LogP contribution in [0.2, 0.25) is 0 Å². The summed E-state index contributed by atoms with van der Waals surface area (Å²) in [6.07, 6.45) is 3.23. The lowest BCUT2D eigenvalue weighted by Gasteiger charge is -1.92. The monoisotopic (exact) mass is 215 g/mol. The number of ether oxygens (including phenoxy) is 1. The van der Waals surface area contributed by atoms with E-state index in [2.05, 4.69) is 31.8 Å². The predicted octanol–water partition coefficient (Wildman–Crippen LogP) is 0.873. The van der Waals surface area contributed by atoms with Crippen LogP contribution in [0.15, 0.2) is 18.5 Å². The van der Waals surface area contributed by atoms with E-state index in [-0.39, 0.29) is 0 Å². The topological polar surface area (TPSA) is 67.9 Å². The van der Waals surface area contributed by atoms with Crippen molar-refractivity contribution in [3.63, 3.8) is 0 Å². The highest BCUT2D eigenvalue weighted by molar-refractivity contribution is 5.89. The number of carbonyl (C=O) groups excluding carboxylic acids is 1. The van der Waals surface area contributed by atoms with Gasteiger partial charge in [-0.2, -0.15) is 5.10 Å². The molecule has 5 nitrogen and oxygen atoms in total. The zero-order valence-electron chi connectivity index (χ0n) is 8.65. The summed E-state index contributed by atoms with van der Waals surface area (Å²) >= 11 is 0. The molecule has 0 atom stereocenters. The Hall–Kier alpha value is -2.35. The van der Waals surface area contributed by atoms with E-state index >= 15 is 0 Å². The average Bonchev–Trinajstić information content (AvgIpc) is 2.74. The van der Waals surface area contributed by atoms with Crippen LogP contribution in [-0.4, -0.2) is 27.8 Å². The van der Waals surface area contributed by atoms with Gasteiger partial charge in [-0.05, 0) is 13.0 Å².